The zero-order valence-electron chi connectivity index (χ0n) is 15.6. The van der Waals surface area contributed by atoms with Gasteiger partial charge in [0.25, 0.3) is 0 Å². The van der Waals surface area contributed by atoms with Crippen molar-refractivity contribution < 1.29 is 9.53 Å². The number of nitrogens with zero attached hydrogens (tertiary/aromatic N) is 2. The lowest BCUT2D eigenvalue weighted by Crippen LogP contribution is -2.01. The molecule has 0 amide bonds. The van der Waals surface area contributed by atoms with Gasteiger partial charge < -0.3 is 16.2 Å². The molecule has 0 fully saturated rings. The highest BCUT2D eigenvalue weighted by Crippen LogP contribution is 2.30. The number of esters is 1. The molecule has 5 N–H and O–H groups in total. The highest BCUT2D eigenvalue weighted by molar-refractivity contribution is 5.93. The van der Waals surface area contributed by atoms with Gasteiger partial charge in [-0.3, -0.25) is 5.10 Å². The van der Waals surface area contributed by atoms with E-state index in [-0.39, 0.29) is 0 Å². The number of nitrogens with one attached hydrogen (secondary N) is 1. The van der Waals surface area contributed by atoms with Crippen LogP contribution in [-0.2, 0) is 4.74 Å². The van der Waals surface area contributed by atoms with Crippen molar-refractivity contribution in [2.75, 3.05) is 18.6 Å². The molecule has 0 aliphatic carbocycles. The first-order chi connectivity index (χ1) is 14.1. The number of ether oxygens (including phenoxy) is 1. The molecule has 2 aromatic heterocycles. The Labute approximate surface area is 166 Å². The first-order valence-corrected chi connectivity index (χ1v) is 8.75. The molecule has 0 aliphatic heterocycles. The van der Waals surface area contributed by atoms with Gasteiger partial charge in [-0.25, -0.2) is 9.78 Å². The average Bonchev–Trinajstić information content (AvgIpc) is 3.12. The monoisotopic (exact) mass is 383 g/mol. The van der Waals surface area contributed by atoms with Gasteiger partial charge in [0.15, 0.2) is 5.82 Å². The minimum atomic E-state index is -0.416. The fourth-order valence-corrected chi connectivity index (χ4v) is 3.03. The molecule has 142 valence electrons. The molecule has 7 nitrogen and oxygen atoms in total. The molecule has 2 aromatic carbocycles. The molecule has 4 aromatic rings. The Kier molecular flexibility index (Phi) is 4.59. The molecule has 0 bridgehead atoms. The van der Waals surface area contributed by atoms with Crippen molar-refractivity contribution in [2.24, 2.45) is 0 Å². The lowest BCUT2D eigenvalue weighted by atomic mass is 9.99. The quantitative estimate of drug-likeness (QED) is 0.362. The van der Waals surface area contributed by atoms with Crippen LogP contribution in [0.1, 0.15) is 21.5 Å². The summed E-state index contributed by atoms with van der Waals surface area (Å²) < 4.78 is 4.75. The van der Waals surface area contributed by atoms with Crippen LogP contribution >= 0.6 is 0 Å². The Morgan fingerprint density at radius 1 is 1.07 bits per heavy atom. The number of fused-ring (bicyclic) bond motifs is 1. The predicted octanol–water partition coefficient (Wildman–Crippen LogP) is 2.98. The number of hydrogen-bond acceptors (Lipinski definition) is 6. The van der Waals surface area contributed by atoms with E-state index in [0.29, 0.717) is 28.3 Å². The Morgan fingerprint density at radius 3 is 2.76 bits per heavy atom. The Balaban J connectivity index is 1.79. The maximum atomic E-state index is 11.7. The van der Waals surface area contributed by atoms with E-state index in [2.05, 4.69) is 27.0 Å². The van der Waals surface area contributed by atoms with Gasteiger partial charge in [-0.05, 0) is 42.0 Å². The summed E-state index contributed by atoms with van der Waals surface area (Å²) in [7, 11) is 1.34. The molecule has 0 saturated heterocycles. The first-order valence-electron chi connectivity index (χ1n) is 8.75. The van der Waals surface area contributed by atoms with Crippen molar-refractivity contribution >= 4 is 28.5 Å². The standard InChI is InChI=1S/C22H17N5O2/c1-29-22(28)15-4-2-3-13(11-15)5-7-17-16(9-10-25-20(17)23)14-6-8-19-18(12-14)21(24)27-26-19/h2-4,6,8-12H,1H3,(H2,23,25)(H3,24,26,27). The molecule has 2 heterocycles. The molecule has 0 unspecified atom stereocenters. The summed E-state index contributed by atoms with van der Waals surface area (Å²) in [5.74, 6) is 6.48. The van der Waals surface area contributed by atoms with Crippen molar-refractivity contribution in [3.8, 4) is 23.0 Å². The summed E-state index contributed by atoms with van der Waals surface area (Å²) >= 11 is 0. The van der Waals surface area contributed by atoms with E-state index in [4.69, 9.17) is 16.2 Å². The predicted molar refractivity (Wildman–Crippen MR) is 112 cm³/mol. The van der Waals surface area contributed by atoms with Crippen molar-refractivity contribution in [2.45, 2.75) is 0 Å². The van der Waals surface area contributed by atoms with Crippen LogP contribution in [0.2, 0.25) is 0 Å². The Morgan fingerprint density at radius 2 is 1.93 bits per heavy atom. The largest absolute Gasteiger partial charge is 0.465 e. The molecule has 4 rings (SSSR count). The van der Waals surface area contributed by atoms with E-state index >= 15 is 0 Å². The molecule has 0 saturated carbocycles. The fraction of sp³-hybridized carbons (Fsp3) is 0.0455. The highest BCUT2D eigenvalue weighted by Gasteiger charge is 2.11. The fourth-order valence-electron chi connectivity index (χ4n) is 3.03. The maximum Gasteiger partial charge on any atom is 0.337 e. The van der Waals surface area contributed by atoms with E-state index in [0.717, 1.165) is 22.0 Å². The van der Waals surface area contributed by atoms with Crippen LogP contribution in [0.4, 0.5) is 11.6 Å². The smallest absolute Gasteiger partial charge is 0.337 e. The molecule has 0 radical (unpaired) electrons. The number of benzene rings is 2. The lowest BCUT2D eigenvalue weighted by molar-refractivity contribution is 0.0600. The molecular weight excluding hydrogens is 366 g/mol. The normalized spacial score (nSPS) is 10.4. The zero-order chi connectivity index (χ0) is 20.4. The summed E-state index contributed by atoms with van der Waals surface area (Å²) in [6.45, 7) is 0. The summed E-state index contributed by atoms with van der Waals surface area (Å²) in [5, 5.41) is 7.73. The van der Waals surface area contributed by atoms with Gasteiger partial charge in [-0.2, -0.15) is 5.10 Å². The second-order valence-electron chi connectivity index (χ2n) is 6.31. The number of H-pyrrole nitrogens is 1. The summed E-state index contributed by atoms with van der Waals surface area (Å²) in [6.07, 6.45) is 1.64. The van der Waals surface area contributed by atoms with Crippen molar-refractivity contribution in [3.05, 3.63) is 71.4 Å². The zero-order valence-corrected chi connectivity index (χ0v) is 15.6. The number of nitrogens with two attached hydrogens (primary N) is 2. The SMILES string of the molecule is COC(=O)c1cccc(C#Cc2c(-c3ccc4[nH]nc(N)c4c3)ccnc2N)c1. The molecular formula is C22H17N5O2. The number of carbonyl (C=O) groups is 1. The summed E-state index contributed by atoms with van der Waals surface area (Å²) in [5.41, 5.74) is 16.3. The topological polar surface area (TPSA) is 120 Å². The van der Waals surface area contributed by atoms with Crippen molar-refractivity contribution in [3.63, 3.8) is 0 Å². The van der Waals surface area contributed by atoms with Crippen LogP contribution in [0.3, 0.4) is 0 Å². The third-order valence-corrected chi connectivity index (χ3v) is 4.50. The molecule has 0 aliphatic rings. The summed E-state index contributed by atoms with van der Waals surface area (Å²) in [4.78, 5) is 15.9. The number of rotatable bonds is 2. The number of carbonyl (C=O) groups excluding carboxylic acids is 1. The first kappa shape index (κ1) is 18.1. The number of methoxy groups -OCH3 is 1. The van der Waals surface area contributed by atoms with Crippen LogP contribution in [0.5, 0.6) is 0 Å². The van der Waals surface area contributed by atoms with Gasteiger partial charge in [0.05, 0.1) is 23.8 Å². The van der Waals surface area contributed by atoms with Gasteiger partial charge in [0.1, 0.15) is 5.82 Å². The second-order valence-corrected chi connectivity index (χ2v) is 6.31. The van der Waals surface area contributed by atoms with E-state index < -0.39 is 5.97 Å². The van der Waals surface area contributed by atoms with Crippen LogP contribution in [0, 0.1) is 11.8 Å². The van der Waals surface area contributed by atoms with Crippen LogP contribution in [0.15, 0.2) is 54.7 Å². The third kappa shape index (κ3) is 3.47. The number of anilines is 2. The minimum absolute atomic E-state index is 0.319. The van der Waals surface area contributed by atoms with Gasteiger partial charge in [-0.15, -0.1) is 0 Å². The Bertz CT molecular complexity index is 1300. The van der Waals surface area contributed by atoms with E-state index in [1.807, 2.05) is 30.3 Å². The summed E-state index contributed by atoms with van der Waals surface area (Å²) in [6, 6.07) is 14.5. The number of hydrogen-bond donors (Lipinski definition) is 3. The lowest BCUT2D eigenvalue weighted by Gasteiger charge is -2.07. The minimum Gasteiger partial charge on any atom is -0.465 e. The van der Waals surface area contributed by atoms with E-state index in [1.54, 1.807) is 24.4 Å². The average molecular weight is 383 g/mol. The van der Waals surface area contributed by atoms with Crippen LogP contribution < -0.4 is 11.5 Å². The molecule has 7 heteroatoms. The van der Waals surface area contributed by atoms with E-state index in [1.165, 1.54) is 7.11 Å². The molecule has 0 atom stereocenters. The van der Waals surface area contributed by atoms with Gasteiger partial charge >= 0.3 is 5.97 Å². The second kappa shape index (κ2) is 7.37. The Hall–Kier alpha value is -4.31. The highest BCUT2D eigenvalue weighted by atomic mass is 16.5. The molecule has 0 spiro atoms. The van der Waals surface area contributed by atoms with E-state index in [9.17, 15) is 4.79 Å². The van der Waals surface area contributed by atoms with Gasteiger partial charge in [0.2, 0.25) is 0 Å². The van der Waals surface area contributed by atoms with Gasteiger partial charge in [0, 0.05) is 22.7 Å². The van der Waals surface area contributed by atoms with Crippen LogP contribution in [-0.4, -0.2) is 28.3 Å². The number of aromatic amines is 1. The molecule has 29 heavy (non-hydrogen) atoms. The third-order valence-electron chi connectivity index (χ3n) is 4.50. The number of aromatic nitrogens is 3. The number of pyridine rings is 1. The van der Waals surface area contributed by atoms with Crippen molar-refractivity contribution in [1.82, 2.24) is 15.2 Å². The maximum absolute atomic E-state index is 11.7. The van der Waals surface area contributed by atoms with Crippen molar-refractivity contribution in [1.29, 1.82) is 0 Å². The van der Waals surface area contributed by atoms with Crippen LogP contribution in [0.25, 0.3) is 22.0 Å². The number of nitrogen functional groups attached to an aromatic ring is 2. The van der Waals surface area contributed by atoms with Gasteiger partial charge in [-0.1, -0.05) is 24.0 Å².